The number of carbonyl (C=O) groups is 1. The number of rotatable bonds is 4. The summed E-state index contributed by atoms with van der Waals surface area (Å²) in [5.74, 6) is -1.48. The van der Waals surface area contributed by atoms with E-state index < -0.39 is 18.4 Å². The van der Waals surface area contributed by atoms with Gasteiger partial charge in [0.05, 0.1) is 12.2 Å². The molecule has 1 aromatic heterocycles. The maximum Gasteiger partial charge on any atom is 0.450 e. The van der Waals surface area contributed by atoms with Crippen molar-refractivity contribution < 1.29 is 22.5 Å². The first-order valence-electron chi connectivity index (χ1n) is 5.13. The molecular formula is C10H13F3N2O2S. The summed E-state index contributed by atoms with van der Waals surface area (Å²) in [4.78, 5) is 14.4. The second-order valence-electron chi connectivity index (χ2n) is 4.60. The highest BCUT2D eigenvalue weighted by Gasteiger charge is 2.39. The van der Waals surface area contributed by atoms with Crippen LogP contribution < -0.4 is 0 Å². The predicted molar refractivity (Wildman–Crippen MR) is 60.1 cm³/mol. The van der Waals surface area contributed by atoms with E-state index in [2.05, 4.69) is 14.7 Å². The van der Waals surface area contributed by atoms with E-state index in [1.165, 1.54) is 11.8 Å². The summed E-state index contributed by atoms with van der Waals surface area (Å²) in [6.45, 7) is 5.98. The third kappa shape index (κ3) is 5.07. The van der Waals surface area contributed by atoms with Crippen LogP contribution in [0.25, 0.3) is 0 Å². The van der Waals surface area contributed by atoms with Gasteiger partial charge in [-0.2, -0.15) is 18.2 Å². The van der Waals surface area contributed by atoms with Gasteiger partial charge in [-0.1, -0.05) is 25.9 Å². The lowest BCUT2D eigenvalue weighted by atomic mass is 10.3. The van der Waals surface area contributed by atoms with Crippen LogP contribution >= 0.6 is 11.8 Å². The van der Waals surface area contributed by atoms with Gasteiger partial charge in [0, 0.05) is 4.75 Å². The molecule has 0 amide bonds. The van der Waals surface area contributed by atoms with Gasteiger partial charge in [-0.05, 0) is 0 Å². The Bertz CT molecular complexity index is 423. The Labute approximate surface area is 106 Å². The van der Waals surface area contributed by atoms with E-state index in [-0.39, 0.29) is 10.6 Å². The van der Waals surface area contributed by atoms with Crippen LogP contribution in [0, 0.1) is 0 Å². The van der Waals surface area contributed by atoms with Gasteiger partial charge in [0.1, 0.15) is 0 Å². The van der Waals surface area contributed by atoms with E-state index in [1.807, 2.05) is 20.8 Å². The summed E-state index contributed by atoms with van der Waals surface area (Å²) in [5, 5.41) is 3.53. The summed E-state index contributed by atoms with van der Waals surface area (Å²) < 4.78 is 40.6. The van der Waals surface area contributed by atoms with Crippen molar-refractivity contribution in [2.45, 2.75) is 43.9 Å². The number of hydrogen-bond acceptors (Lipinski definition) is 5. The molecule has 4 nitrogen and oxygen atoms in total. The minimum Gasteiger partial charge on any atom is -0.339 e. The van der Waals surface area contributed by atoms with Crippen LogP contribution in [0.2, 0.25) is 0 Å². The zero-order chi connectivity index (χ0) is 14.0. The Morgan fingerprint density at radius 2 is 1.94 bits per heavy atom. The number of halogens is 3. The number of aromatic nitrogens is 2. The SMILES string of the molecule is CC(C)(C)SCc1noc(CC(=O)C(F)(F)F)n1. The Kier molecular flexibility index (Phi) is 4.41. The van der Waals surface area contributed by atoms with E-state index in [4.69, 9.17) is 0 Å². The summed E-state index contributed by atoms with van der Waals surface area (Å²) in [7, 11) is 0. The number of carbonyl (C=O) groups excluding carboxylic acids is 1. The van der Waals surface area contributed by atoms with Crippen molar-refractivity contribution in [3.8, 4) is 0 Å². The number of Topliss-reactive ketones (excluding diaryl/α,β-unsaturated/α-hetero) is 1. The largest absolute Gasteiger partial charge is 0.450 e. The fourth-order valence-electron chi connectivity index (χ4n) is 0.939. The molecule has 0 saturated carbocycles. The minimum atomic E-state index is -4.87. The second kappa shape index (κ2) is 5.29. The van der Waals surface area contributed by atoms with E-state index in [0.29, 0.717) is 11.6 Å². The third-order valence-corrected chi connectivity index (χ3v) is 3.04. The molecule has 0 saturated heterocycles. The van der Waals surface area contributed by atoms with Gasteiger partial charge in [-0.15, -0.1) is 11.8 Å². The number of thioether (sulfide) groups is 1. The molecule has 18 heavy (non-hydrogen) atoms. The molecule has 0 atom stereocenters. The van der Waals surface area contributed by atoms with Crippen molar-refractivity contribution in [3.05, 3.63) is 11.7 Å². The molecule has 0 bridgehead atoms. The quantitative estimate of drug-likeness (QED) is 0.850. The molecule has 102 valence electrons. The maximum absolute atomic E-state index is 12.0. The lowest BCUT2D eigenvalue weighted by Crippen LogP contribution is -2.24. The molecule has 0 N–H and O–H groups in total. The molecule has 0 fully saturated rings. The van der Waals surface area contributed by atoms with Crippen molar-refractivity contribution in [3.63, 3.8) is 0 Å². The monoisotopic (exact) mass is 282 g/mol. The van der Waals surface area contributed by atoms with Gasteiger partial charge in [0.2, 0.25) is 11.7 Å². The Balaban J connectivity index is 2.56. The molecule has 0 radical (unpaired) electrons. The molecule has 0 spiro atoms. The first kappa shape index (κ1) is 15.0. The highest BCUT2D eigenvalue weighted by Crippen LogP contribution is 2.26. The zero-order valence-corrected chi connectivity index (χ0v) is 11.0. The van der Waals surface area contributed by atoms with Crippen LogP contribution in [0.1, 0.15) is 32.5 Å². The molecule has 0 aliphatic rings. The molecular weight excluding hydrogens is 269 g/mol. The predicted octanol–water partition coefficient (Wildman–Crippen LogP) is 2.78. The van der Waals surface area contributed by atoms with Crippen LogP contribution in [0.15, 0.2) is 4.52 Å². The van der Waals surface area contributed by atoms with Gasteiger partial charge in [0.25, 0.3) is 0 Å². The number of ketones is 1. The van der Waals surface area contributed by atoms with Crippen molar-refractivity contribution in [1.29, 1.82) is 0 Å². The minimum absolute atomic E-state index is 0.0113. The standard InChI is InChI=1S/C10H13F3N2O2S/c1-9(2,3)18-5-7-14-8(17-15-7)4-6(16)10(11,12)13/h4-5H2,1-3H3. The fourth-order valence-corrected chi connectivity index (χ4v) is 1.62. The normalized spacial score (nSPS) is 12.8. The van der Waals surface area contributed by atoms with E-state index in [9.17, 15) is 18.0 Å². The number of nitrogens with zero attached hydrogens (tertiary/aromatic N) is 2. The molecule has 1 heterocycles. The van der Waals surface area contributed by atoms with Crippen LogP contribution in [0.5, 0.6) is 0 Å². The molecule has 0 aromatic carbocycles. The highest BCUT2D eigenvalue weighted by molar-refractivity contribution is 7.99. The van der Waals surface area contributed by atoms with Crippen molar-refractivity contribution in [1.82, 2.24) is 10.1 Å². The smallest absolute Gasteiger partial charge is 0.339 e. The number of alkyl halides is 3. The fraction of sp³-hybridized carbons (Fsp3) is 0.700. The maximum atomic E-state index is 12.0. The van der Waals surface area contributed by atoms with Gasteiger partial charge in [-0.25, -0.2) is 0 Å². The molecule has 0 unspecified atom stereocenters. The first-order chi connectivity index (χ1) is 8.08. The van der Waals surface area contributed by atoms with Gasteiger partial charge in [-0.3, -0.25) is 4.79 Å². The molecule has 0 aliphatic heterocycles. The summed E-state index contributed by atoms with van der Waals surface area (Å²) in [6.07, 6.45) is -5.77. The van der Waals surface area contributed by atoms with E-state index >= 15 is 0 Å². The van der Waals surface area contributed by atoms with Gasteiger partial charge in [0.15, 0.2) is 5.82 Å². The number of hydrogen-bond donors (Lipinski definition) is 0. The summed E-state index contributed by atoms with van der Waals surface area (Å²) in [5.41, 5.74) is 0. The van der Waals surface area contributed by atoms with Crippen LogP contribution in [0.3, 0.4) is 0 Å². The Morgan fingerprint density at radius 3 is 2.44 bits per heavy atom. The second-order valence-corrected chi connectivity index (χ2v) is 6.41. The zero-order valence-electron chi connectivity index (χ0n) is 10.2. The molecule has 0 aliphatic carbocycles. The molecule has 8 heteroatoms. The van der Waals surface area contributed by atoms with E-state index in [1.54, 1.807) is 0 Å². The average molecular weight is 282 g/mol. The molecule has 1 aromatic rings. The first-order valence-corrected chi connectivity index (χ1v) is 6.12. The van der Waals surface area contributed by atoms with Crippen LogP contribution in [-0.4, -0.2) is 26.8 Å². The van der Waals surface area contributed by atoms with Crippen molar-refractivity contribution in [2.75, 3.05) is 0 Å². The topological polar surface area (TPSA) is 56.0 Å². The van der Waals surface area contributed by atoms with Crippen molar-refractivity contribution >= 4 is 17.5 Å². The van der Waals surface area contributed by atoms with Crippen molar-refractivity contribution in [2.24, 2.45) is 0 Å². The summed E-state index contributed by atoms with van der Waals surface area (Å²) in [6, 6.07) is 0. The average Bonchev–Trinajstić information content (AvgIpc) is 2.60. The van der Waals surface area contributed by atoms with Gasteiger partial charge < -0.3 is 4.52 Å². The van der Waals surface area contributed by atoms with Crippen LogP contribution in [0.4, 0.5) is 13.2 Å². The highest BCUT2D eigenvalue weighted by atomic mass is 32.2. The molecule has 1 rings (SSSR count). The third-order valence-electron chi connectivity index (χ3n) is 1.77. The lowest BCUT2D eigenvalue weighted by molar-refractivity contribution is -0.170. The summed E-state index contributed by atoms with van der Waals surface area (Å²) >= 11 is 1.53. The van der Waals surface area contributed by atoms with E-state index in [0.717, 1.165) is 0 Å². The lowest BCUT2D eigenvalue weighted by Gasteiger charge is -2.15. The van der Waals surface area contributed by atoms with Crippen LogP contribution in [-0.2, 0) is 17.0 Å². The Morgan fingerprint density at radius 1 is 1.33 bits per heavy atom. The Hall–Kier alpha value is -1.05. The van der Waals surface area contributed by atoms with Gasteiger partial charge >= 0.3 is 6.18 Å².